The minimum absolute atomic E-state index is 0.138. The fourth-order valence-electron chi connectivity index (χ4n) is 2.08. The average Bonchev–Trinajstić information content (AvgIpc) is 2.88. The molecule has 8 heteroatoms. The number of rotatable bonds is 3. The number of pyridine rings is 1. The molecule has 0 amide bonds. The van der Waals surface area contributed by atoms with Gasteiger partial charge in [-0.1, -0.05) is 0 Å². The van der Waals surface area contributed by atoms with Gasteiger partial charge in [-0.25, -0.2) is 13.4 Å². The molecule has 1 saturated heterocycles. The third-order valence-corrected chi connectivity index (χ3v) is 4.89. The Bertz CT molecular complexity index is 650. The highest BCUT2D eigenvalue weighted by molar-refractivity contribution is 7.89. The van der Waals surface area contributed by atoms with Crippen LogP contribution in [-0.2, 0) is 14.8 Å². The van der Waals surface area contributed by atoms with Gasteiger partial charge in [0.15, 0.2) is 5.69 Å². The molecule has 0 spiro atoms. The minimum Gasteiger partial charge on any atom is -0.480 e. The van der Waals surface area contributed by atoms with Crippen molar-refractivity contribution in [2.75, 3.05) is 6.54 Å². The summed E-state index contributed by atoms with van der Waals surface area (Å²) in [7, 11) is -4.01. The third kappa shape index (κ3) is 2.30. The molecule has 1 N–H and O–H groups in total. The van der Waals surface area contributed by atoms with Crippen LogP contribution in [0.25, 0.3) is 0 Å². The van der Waals surface area contributed by atoms with E-state index in [9.17, 15) is 13.2 Å². The molecule has 0 bridgehead atoms. The van der Waals surface area contributed by atoms with E-state index in [1.807, 2.05) is 0 Å². The van der Waals surface area contributed by atoms with Crippen LogP contribution in [0.3, 0.4) is 0 Å². The van der Waals surface area contributed by atoms with Crippen LogP contribution in [0.1, 0.15) is 18.5 Å². The van der Waals surface area contributed by atoms with E-state index in [-0.39, 0.29) is 23.6 Å². The zero-order valence-electron chi connectivity index (χ0n) is 9.85. The van der Waals surface area contributed by atoms with Gasteiger partial charge in [0.1, 0.15) is 17.0 Å². The molecule has 1 aliphatic heterocycles. The Balaban J connectivity index is 2.49. The van der Waals surface area contributed by atoms with Crippen molar-refractivity contribution in [3.05, 3.63) is 24.0 Å². The number of hydrogen-bond donors (Lipinski definition) is 1. The van der Waals surface area contributed by atoms with E-state index in [0.717, 1.165) is 4.31 Å². The molecule has 1 fully saturated rings. The summed E-state index contributed by atoms with van der Waals surface area (Å²) in [6.07, 6.45) is 2.07. The predicted octanol–water partition coefficient (Wildman–Crippen LogP) is 0.191. The minimum atomic E-state index is -4.01. The number of carboxylic acid groups (broad SMARTS) is 1. The largest absolute Gasteiger partial charge is 0.480 e. The van der Waals surface area contributed by atoms with Crippen molar-refractivity contribution in [3.8, 4) is 6.07 Å². The van der Waals surface area contributed by atoms with Gasteiger partial charge in [-0.3, -0.25) is 4.79 Å². The van der Waals surface area contributed by atoms with Gasteiger partial charge in [-0.15, -0.1) is 0 Å². The van der Waals surface area contributed by atoms with Crippen molar-refractivity contribution in [3.63, 3.8) is 0 Å². The predicted molar refractivity (Wildman–Crippen MR) is 63.5 cm³/mol. The van der Waals surface area contributed by atoms with Crippen LogP contribution in [-0.4, -0.2) is 41.4 Å². The molecule has 0 aliphatic carbocycles. The lowest BCUT2D eigenvalue weighted by atomic mass is 10.2. The van der Waals surface area contributed by atoms with Crippen molar-refractivity contribution in [1.29, 1.82) is 5.26 Å². The smallest absolute Gasteiger partial charge is 0.322 e. The number of aliphatic carboxylic acids is 1. The number of sulfonamides is 1. The fraction of sp³-hybridized carbons (Fsp3) is 0.364. The summed E-state index contributed by atoms with van der Waals surface area (Å²) in [6.45, 7) is 0.138. The Morgan fingerprint density at radius 1 is 1.58 bits per heavy atom. The van der Waals surface area contributed by atoms with E-state index >= 15 is 0 Å². The van der Waals surface area contributed by atoms with Gasteiger partial charge in [0, 0.05) is 12.7 Å². The molecule has 1 aliphatic rings. The van der Waals surface area contributed by atoms with E-state index in [1.54, 1.807) is 6.07 Å². The molecule has 1 atom stereocenters. The molecule has 1 aromatic rings. The molecule has 19 heavy (non-hydrogen) atoms. The van der Waals surface area contributed by atoms with Gasteiger partial charge in [0.2, 0.25) is 10.0 Å². The Morgan fingerprint density at radius 2 is 2.32 bits per heavy atom. The molecular weight excluding hydrogens is 270 g/mol. The Morgan fingerprint density at radius 3 is 2.95 bits per heavy atom. The maximum Gasteiger partial charge on any atom is 0.322 e. The Hall–Kier alpha value is -1.98. The zero-order chi connectivity index (χ0) is 14.0. The Kier molecular flexibility index (Phi) is 3.50. The standard InChI is InChI=1S/C11H11N3O4S/c12-7-8-10(4-1-5-13-8)19(17,18)14-6-2-3-9(14)11(15)16/h1,4-5,9H,2-3,6H2,(H,15,16). The van der Waals surface area contributed by atoms with Gasteiger partial charge in [-0.2, -0.15) is 9.57 Å². The lowest BCUT2D eigenvalue weighted by molar-refractivity contribution is -0.140. The first-order valence-electron chi connectivity index (χ1n) is 5.58. The first-order valence-corrected chi connectivity index (χ1v) is 7.02. The molecule has 1 aromatic heterocycles. The van der Waals surface area contributed by atoms with Crippen LogP contribution in [0.5, 0.6) is 0 Å². The lowest BCUT2D eigenvalue weighted by Crippen LogP contribution is -2.40. The maximum absolute atomic E-state index is 12.4. The first-order chi connectivity index (χ1) is 8.98. The van der Waals surface area contributed by atoms with Crippen LogP contribution in [0.4, 0.5) is 0 Å². The second-order valence-corrected chi connectivity index (χ2v) is 5.93. The highest BCUT2D eigenvalue weighted by Gasteiger charge is 2.40. The average molecular weight is 281 g/mol. The number of hydrogen-bond acceptors (Lipinski definition) is 5. The monoisotopic (exact) mass is 281 g/mol. The number of aromatic nitrogens is 1. The van der Waals surface area contributed by atoms with E-state index in [2.05, 4.69) is 4.98 Å². The summed E-state index contributed by atoms with van der Waals surface area (Å²) >= 11 is 0. The summed E-state index contributed by atoms with van der Waals surface area (Å²) in [5, 5.41) is 17.9. The van der Waals surface area contributed by atoms with Gasteiger partial charge in [-0.05, 0) is 25.0 Å². The molecule has 2 heterocycles. The van der Waals surface area contributed by atoms with Crippen molar-refractivity contribution in [1.82, 2.24) is 9.29 Å². The maximum atomic E-state index is 12.4. The summed E-state index contributed by atoms with van der Waals surface area (Å²) in [4.78, 5) is 14.5. The fourth-order valence-corrected chi connectivity index (χ4v) is 3.83. The number of carbonyl (C=O) groups is 1. The van der Waals surface area contributed by atoms with Gasteiger partial charge < -0.3 is 5.11 Å². The normalized spacial score (nSPS) is 20.1. The third-order valence-electron chi connectivity index (χ3n) is 2.95. The molecule has 2 rings (SSSR count). The van der Waals surface area contributed by atoms with E-state index in [0.29, 0.717) is 6.42 Å². The highest BCUT2D eigenvalue weighted by Crippen LogP contribution is 2.27. The van der Waals surface area contributed by atoms with Crippen molar-refractivity contribution in [2.24, 2.45) is 0 Å². The molecule has 1 unspecified atom stereocenters. The van der Waals surface area contributed by atoms with Crippen LogP contribution >= 0.6 is 0 Å². The summed E-state index contributed by atoms with van der Waals surface area (Å²) in [6, 6.07) is 3.30. The summed E-state index contributed by atoms with van der Waals surface area (Å²) in [5.74, 6) is -1.18. The zero-order valence-corrected chi connectivity index (χ0v) is 10.7. The van der Waals surface area contributed by atoms with E-state index < -0.39 is 22.0 Å². The van der Waals surface area contributed by atoms with Crippen molar-refractivity contribution in [2.45, 2.75) is 23.8 Å². The van der Waals surface area contributed by atoms with Crippen molar-refractivity contribution >= 4 is 16.0 Å². The second-order valence-electron chi connectivity index (χ2n) is 4.07. The lowest BCUT2D eigenvalue weighted by Gasteiger charge is -2.21. The number of nitrogens with zero attached hydrogens (tertiary/aromatic N) is 3. The van der Waals surface area contributed by atoms with Gasteiger partial charge in [0.25, 0.3) is 0 Å². The van der Waals surface area contributed by atoms with Crippen molar-refractivity contribution < 1.29 is 18.3 Å². The molecule has 100 valence electrons. The summed E-state index contributed by atoms with van der Waals surface area (Å²) in [5.41, 5.74) is -0.224. The van der Waals surface area contributed by atoms with Crippen LogP contribution < -0.4 is 0 Å². The molecule has 0 saturated carbocycles. The molecular formula is C11H11N3O4S. The van der Waals surface area contributed by atoms with Crippen LogP contribution in [0, 0.1) is 11.3 Å². The quantitative estimate of drug-likeness (QED) is 0.846. The number of carboxylic acids is 1. The SMILES string of the molecule is N#Cc1ncccc1S(=O)(=O)N1CCCC1C(=O)O. The second kappa shape index (κ2) is 4.95. The van der Waals surface area contributed by atoms with Gasteiger partial charge in [0.05, 0.1) is 0 Å². The molecule has 0 radical (unpaired) electrons. The van der Waals surface area contributed by atoms with Gasteiger partial charge >= 0.3 is 5.97 Å². The number of nitriles is 1. The van der Waals surface area contributed by atoms with E-state index in [1.165, 1.54) is 18.3 Å². The van der Waals surface area contributed by atoms with Crippen LogP contribution in [0.15, 0.2) is 23.2 Å². The van der Waals surface area contributed by atoms with Crippen LogP contribution in [0.2, 0.25) is 0 Å². The summed E-state index contributed by atoms with van der Waals surface area (Å²) < 4.78 is 25.7. The first kappa shape index (κ1) is 13.5. The molecule has 7 nitrogen and oxygen atoms in total. The topological polar surface area (TPSA) is 111 Å². The highest BCUT2D eigenvalue weighted by atomic mass is 32.2. The van der Waals surface area contributed by atoms with E-state index in [4.69, 9.17) is 10.4 Å². The molecule has 0 aromatic carbocycles. The Labute approximate surface area is 110 Å².